The molecule has 2 atom stereocenters. The Bertz CT molecular complexity index is 2750. The van der Waals surface area contributed by atoms with Crippen molar-refractivity contribution in [1.29, 1.82) is 0 Å². The molecule has 0 radical (unpaired) electrons. The van der Waals surface area contributed by atoms with Crippen LogP contribution in [0.2, 0.25) is 0 Å². The molecule has 5 aromatic rings. The molecule has 0 amide bonds. The first-order chi connectivity index (χ1) is 40.9. The zero-order valence-electron chi connectivity index (χ0n) is 57.8. The molecule has 0 saturated carbocycles. The van der Waals surface area contributed by atoms with Crippen molar-refractivity contribution in [3.8, 4) is 11.1 Å². The van der Waals surface area contributed by atoms with Crippen LogP contribution in [-0.4, -0.2) is 89.2 Å². The van der Waals surface area contributed by atoms with Gasteiger partial charge < -0.3 is 26.2 Å². The van der Waals surface area contributed by atoms with Crippen LogP contribution in [0.3, 0.4) is 0 Å². The summed E-state index contributed by atoms with van der Waals surface area (Å²) in [5, 5.41) is 13.5. The maximum Gasteiger partial charge on any atom is 0.165 e. The number of nitrogens with one attached hydrogen (secondary N) is 4. The Labute approximate surface area is 529 Å². The highest BCUT2D eigenvalue weighted by Gasteiger charge is 2.28. The van der Waals surface area contributed by atoms with E-state index in [0.29, 0.717) is 53.5 Å². The van der Waals surface area contributed by atoms with Crippen LogP contribution < -0.4 is 21.3 Å². The summed E-state index contributed by atoms with van der Waals surface area (Å²) >= 11 is 0. The van der Waals surface area contributed by atoms with E-state index in [-0.39, 0.29) is 53.2 Å². The average molecular weight is 1190 g/mol. The van der Waals surface area contributed by atoms with Crippen LogP contribution >= 0.6 is 0 Å². The van der Waals surface area contributed by atoms with Crippen LogP contribution in [0.5, 0.6) is 0 Å². The van der Waals surface area contributed by atoms with E-state index in [1.165, 1.54) is 38.9 Å². The number of piperidine rings is 1. The second-order valence-electron chi connectivity index (χ2n) is 26.7. The number of hydrogen-bond acceptors (Lipinski definition) is 10. The lowest BCUT2D eigenvalue weighted by molar-refractivity contribution is -0.127. The zero-order chi connectivity index (χ0) is 65.5. The van der Waals surface area contributed by atoms with Gasteiger partial charge in [-0.25, -0.2) is 0 Å². The summed E-state index contributed by atoms with van der Waals surface area (Å²) < 4.78 is 0. The quantitative estimate of drug-likeness (QED) is 0.0396. The first kappa shape index (κ1) is 77.3. The third-order valence-corrected chi connectivity index (χ3v) is 15.1. The van der Waals surface area contributed by atoms with Crippen LogP contribution in [0.1, 0.15) is 200 Å². The molecule has 0 aromatic heterocycles. The minimum absolute atomic E-state index is 0.0217. The summed E-state index contributed by atoms with van der Waals surface area (Å²) in [6.07, 6.45) is 3.68. The first-order valence-electron chi connectivity index (χ1n) is 32.7. The van der Waals surface area contributed by atoms with E-state index in [1.807, 2.05) is 142 Å². The molecule has 87 heavy (non-hydrogen) atoms. The Kier molecular flexibility index (Phi) is 36.2. The SMILES string of the molecule is CC(C)C(=O)C1CCN(C(C)C)CC1.CC(C)NC(Cc1ccccc1)C(=O)C(C)C.CC(C)NCc1cc(C(=O)C(C)C)ccc1-c1ccccc1.CC(C)NCc1cccc(C(=O)C(C)C)c1.Cc1ccc(CC(NC(C)C)C(=O)C(C)C)cc1. The van der Waals surface area contributed by atoms with Crippen molar-refractivity contribution in [1.82, 2.24) is 26.2 Å². The Morgan fingerprint density at radius 1 is 0.437 bits per heavy atom. The van der Waals surface area contributed by atoms with E-state index in [1.54, 1.807) is 0 Å². The van der Waals surface area contributed by atoms with Crippen LogP contribution in [0.4, 0.5) is 0 Å². The van der Waals surface area contributed by atoms with Gasteiger partial charge in [0.15, 0.2) is 23.1 Å². The minimum Gasteiger partial charge on any atom is -0.310 e. The van der Waals surface area contributed by atoms with Gasteiger partial charge in [-0.2, -0.15) is 0 Å². The summed E-state index contributed by atoms with van der Waals surface area (Å²) in [6, 6.07) is 44.9. The molecule has 0 bridgehead atoms. The standard InChI is InChI=1S/C20H25NO.C16H25NO.C15H23NO.C14H21NO.C12H23NO/c1-14(2)20(22)17-10-11-19(16-8-6-5-7-9-16)18(12-17)13-21-15(3)4;1-11(2)16(18)15(17-12(3)4)10-14-8-6-13(5)7-9-14;1-11(2)15(17)14(16-12(3)4)10-13-8-6-5-7-9-13;1-10(2)14(16)13-7-5-6-12(8-13)9-15-11(3)4;1-9(2)12(14)11-5-7-13(8-6-11)10(3)4/h5-12,14-15,21H,13H2,1-4H3;6-9,11-12,15,17H,10H2,1-5H3;5-9,11-12,14,16H,10H2,1-4H3;5-8,10-11,15H,9H2,1-4H3;9-11H,5-8H2,1-4H3. The van der Waals surface area contributed by atoms with Crippen LogP contribution in [0, 0.1) is 42.4 Å². The highest BCUT2D eigenvalue weighted by Crippen LogP contribution is 2.27. The molecule has 10 nitrogen and oxygen atoms in total. The van der Waals surface area contributed by atoms with Crippen LogP contribution in [-0.2, 0) is 40.3 Å². The van der Waals surface area contributed by atoms with Crippen LogP contribution in [0.25, 0.3) is 11.1 Å². The molecule has 480 valence electrons. The number of benzene rings is 5. The van der Waals surface area contributed by atoms with Gasteiger partial charge >= 0.3 is 0 Å². The molecule has 1 heterocycles. The van der Waals surface area contributed by atoms with Crippen molar-refractivity contribution in [2.45, 2.75) is 226 Å². The number of aryl methyl sites for hydroxylation is 1. The fourth-order valence-electron chi connectivity index (χ4n) is 10.0. The lowest BCUT2D eigenvalue weighted by Gasteiger charge is -2.34. The Hall–Kier alpha value is -5.75. The fourth-order valence-corrected chi connectivity index (χ4v) is 10.0. The summed E-state index contributed by atoms with van der Waals surface area (Å²) in [5.74, 6) is 2.26. The number of nitrogens with zero attached hydrogens (tertiary/aromatic N) is 1. The normalized spacial score (nSPS) is 13.5. The predicted molar refractivity (Wildman–Crippen MR) is 369 cm³/mol. The van der Waals surface area contributed by atoms with Gasteiger partial charge in [0.1, 0.15) is 5.78 Å². The zero-order valence-corrected chi connectivity index (χ0v) is 57.8. The Morgan fingerprint density at radius 2 is 0.874 bits per heavy atom. The average Bonchev–Trinajstić information content (AvgIpc) is 2.50. The molecular weight excluding hydrogens is 1070 g/mol. The van der Waals surface area contributed by atoms with Gasteiger partial charge in [0.05, 0.1) is 12.1 Å². The van der Waals surface area contributed by atoms with Gasteiger partial charge in [0.2, 0.25) is 0 Å². The Morgan fingerprint density at radius 3 is 1.30 bits per heavy atom. The van der Waals surface area contributed by atoms with Crippen molar-refractivity contribution in [2.75, 3.05) is 13.1 Å². The lowest BCUT2D eigenvalue weighted by Crippen LogP contribution is -2.44. The molecule has 1 saturated heterocycles. The molecular formula is C77H117N5O5. The maximum atomic E-state index is 12.3. The van der Waals surface area contributed by atoms with E-state index in [9.17, 15) is 24.0 Å². The molecule has 0 spiro atoms. The molecule has 1 fully saturated rings. The molecule has 2 unspecified atom stereocenters. The van der Waals surface area contributed by atoms with Gasteiger partial charge in [0.25, 0.3) is 0 Å². The van der Waals surface area contributed by atoms with E-state index in [4.69, 9.17) is 0 Å². The van der Waals surface area contributed by atoms with Crippen LogP contribution in [0.15, 0.2) is 127 Å². The van der Waals surface area contributed by atoms with Crippen molar-refractivity contribution in [3.63, 3.8) is 0 Å². The number of likely N-dealkylation sites (tertiary alicyclic amines) is 1. The number of carbonyl (C=O) groups is 5. The Balaban J connectivity index is 0.000000374. The van der Waals surface area contributed by atoms with Gasteiger partial charge in [-0.15, -0.1) is 0 Å². The van der Waals surface area contributed by atoms with Gasteiger partial charge in [-0.05, 0) is 105 Å². The minimum atomic E-state index is -0.0762. The number of hydrogen-bond donors (Lipinski definition) is 4. The van der Waals surface area contributed by atoms with Crippen molar-refractivity contribution in [2.24, 2.45) is 35.5 Å². The monoisotopic (exact) mass is 1190 g/mol. The smallest absolute Gasteiger partial charge is 0.165 e. The topological polar surface area (TPSA) is 137 Å². The third kappa shape index (κ3) is 30.3. The first-order valence-corrected chi connectivity index (χ1v) is 32.7. The molecule has 1 aliphatic rings. The number of Topliss-reactive ketones (excluding diaryl/α,β-unsaturated/α-hetero) is 5. The molecule has 6 rings (SSSR count). The molecule has 10 heteroatoms. The second-order valence-corrected chi connectivity index (χ2v) is 26.7. The summed E-state index contributed by atoms with van der Waals surface area (Å²) in [4.78, 5) is 62.6. The number of ketones is 5. The molecule has 5 aromatic carbocycles. The lowest BCUT2D eigenvalue weighted by atomic mass is 9.87. The highest BCUT2D eigenvalue weighted by atomic mass is 16.1. The van der Waals surface area contributed by atoms with Gasteiger partial charge in [-0.1, -0.05) is 245 Å². The number of carbonyl (C=O) groups excluding carboxylic acids is 5. The van der Waals surface area contributed by atoms with E-state index in [0.717, 1.165) is 63.0 Å². The van der Waals surface area contributed by atoms with E-state index in [2.05, 4.69) is 157 Å². The second kappa shape index (κ2) is 40.7. The summed E-state index contributed by atoms with van der Waals surface area (Å²) in [7, 11) is 0. The van der Waals surface area contributed by atoms with Crippen molar-refractivity contribution in [3.05, 3.63) is 166 Å². The van der Waals surface area contributed by atoms with E-state index >= 15 is 0 Å². The molecule has 1 aliphatic heterocycles. The van der Waals surface area contributed by atoms with Crippen molar-refractivity contribution < 1.29 is 24.0 Å². The summed E-state index contributed by atoms with van der Waals surface area (Å²) in [6.45, 7) is 46.7. The number of rotatable bonds is 26. The molecule has 4 N–H and O–H groups in total. The van der Waals surface area contributed by atoms with E-state index < -0.39 is 0 Å². The highest BCUT2D eigenvalue weighted by molar-refractivity contribution is 5.98. The summed E-state index contributed by atoms with van der Waals surface area (Å²) in [5.41, 5.74) is 10.0. The largest absolute Gasteiger partial charge is 0.310 e. The van der Waals surface area contributed by atoms with Gasteiger partial charge in [-0.3, -0.25) is 24.0 Å². The molecule has 0 aliphatic carbocycles. The predicted octanol–water partition coefficient (Wildman–Crippen LogP) is 16.0. The third-order valence-electron chi connectivity index (χ3n) is 15.1. The maximum absolute atomic E-state index is 12.3. The van der Waals surface area contributed by atoms with Crippen molar-refractivity contribution >= 4 is 28.9 Å². The van der Waals surface area contributed by atoms with Gasteiger partial charge in [0, 0.05) is 89.9 Å². The fraction of sp³-hybridized carbons (Fsp3) is 0.545.